The van der Waals surface area contributed by atoms with E-state index in [1.54, 1.807) is 13.0 Å². The summed E-state index contributed by atoms with van der Waals surface area (Å²) in [5, 5.41) is 1.93. The Hall–Kier alpha value is -1.11. The molecule has 7 heteroatoms. The molecule has 0 spiro atoms. The van der Waals surface area contributed by atoms with Crippen molar-refractivity contribution in [3.05, 3.63) is 22.7 Å². The van der Waals surface area contributed by atoms with Gasteiger partial charge in [0.1, 0.15) is 10.7 Å². The van der Waals surface area contributed by atoms with Gasteiger partial charge in [-0.25, -0.2) is 5.84 Å². The third kappa shape index (κ3) is 2.45. The summed E-state index contributed by atoms with van der Waals surface area (Å²) in [5.41, 5.74) is 1.13. The maximum atomic E-state index is 12.4. The summed E-state index contributed by atoms with van der Waals surface area (Å²) in [6, 6.07) is 3.04. The molecule has 0 radical (unpaired) electrons. The molecule has 0 aromatic heterocycles. The second-order valence-electron chi connectivity index (χ2n) is 5.65. The predicted molar refractivity (Wildman–Crippen MR) is 84.1 cm³/mol. The lowest BCUT2D eigenvalue weighted by Gasteiger charge is -2.33. The number of nitrogens with zero attached hydrogens (tertiary/aromatic N) is 2. The summed E-state index contributed by atoms with van der Waals surface area (Å²) in [5.74, 6) is 6.75. The fourth-order valence-electron chi connectivity index (χ4n) is 3.12. The number of hydrazine groups is 1. The summed E-state index contributed by atoms with van der Waals surface area (Å²) < 4.78 is 28.8. The van der Waals surface area contributed by atoms with Gasteiger partial charge in [-0.1, -0.05) is 30.9 Å². The van der Waals surface area contributed by atoms with E-state index in [4.69, 9.17) is 17.4 Å². The number of rotatable bonds is 1. The largest absolute Gasteiger partial charge is 0.286 e. The zero-order chi connectivity index (χ0) is 15.2. The Morgan fingerprint density at radius 3 is 2.62 bits per heavy atom. The first-order valence-corrected chi connectivity index (χ1v) is 8.92. The van der Waals surface area contributed by atoms with Crippen molar-refractivity contribution in [1.82, 2.24) is 0 Å². The van der Waals surface area contributed by atoms with Gasteiger partial charge >= 0.3 is 0 Å². The van der Waals surface area contributed by atoms with Crippen LogP contribution in [0.15, 0.2) is 21.4 Å². The lowest BCUT2D eigenvalue weighted by Crippen LogP contribution is -2.46. The van der Waals surface area contributed by atoms with E-state index in [1.165, 1.54) is 17.5 Å². The molecule has 2 N–H and O–H groups in total. The number of anilines is 1. The highest BCUT2D eigenvalue weighted by atomic mass is 35.5. The smallest absolute Gasteiger partial charge is 0.263 e. The van der Waals surface area contributed by atoms with Gasteiger partial charge in [0, 0.05) is 10.9 Å². The van der Waals surface area contributed by atoms with E-state index < -0.39 is 10.0 Å². The molecule has 3 rings (SSSR count). The highest BCUT2D eigenvalue weighted by molar-refractivity contribution is 7.90. The SMILES string of the molecule is Cc1c(Cl)ccc2c1N(N)C(C1CCCCC1)=NS2(=O)=O. The number of nitrogens with two attached hydrogens (primary N) is 1. The number of halogens is 1. The van der Waals surface area contributed by atoms with Crippen LogP contribution in [-0.4, -0.2) is 14.3 Å². The van der Waals surface area contributed by atoms with Gasteiger partial charge in [0.05, 0.1) is 5.69 Å². The van der Waals surface area contributed by atoms with Gasteiger partial charge in [-0.2, -0.15) is 8.42 Å². The van der Waals surface area contributed by atoms with Gasteiger partial charge < -0.3 is 0 Å². The van der Waals surface area contributed by atoms with E-state index in [0.717, 1.165) is 25.7 Å². The second kappa shape index (κ2) is 5.26. The number of fused-ring (bicyclic) bond motifs is 1. The van der Waals surface area contributed by atoms with Crippen molar-refractivity contribution in [2.45, 2.75) is 43.9 Å². The second-order valence-corrected chi connectivity index (χ2v) is 7.63. The summed E-state index contributed by atoms with van der Waals surface area (Å²) in [7, 11) is -3.71. The first-order chi connectivity index (χ1) is 9.92. The van der Waals surface area contributed by atoms with Crippen LogP contribution in [0, 0.1) is 12.8 Å². The highest BCUT2D eigenvalue weighted by Gasteiger charge is 2.35. The van der Waals surface area contributed by atoms with E-state index in [9.17, 15) is 8.42 Å². The summed E-state index contributed by atoms with van der Waals surface area (Å²) in [6.45, 7) is 1.78. The molecule has 0 atom stereocenters. The van der Waals surface area contributed by atoms with Crippen molar-refractivity contribution < 1.29 is 8.42 Å². The van der Waals surface area contributed by atoms with Gasteiger partial charge in [0.25, 0.3) is 10.0 Å². The fourth-order valence-corrected chi connectivity index (χ4v) is 4.59. The van der Waals surface area contributed by atoms with Crippen molar-refractivity contribution in [1.29, 1.82) is 0 Å². The fraction of sp³-hybridized carbons (Fsp3) is 0.500. The third-order valence-corrected chi connectivity index (χ3v) is 6.00. The Kier molecular flexibility index (Phi) is 3.71. The van der Waals surface area contributed by atoms with Crippen LogP contribution in [0.1, 0.15) is 37.7 Å². The average molecular weight is 328 g/mol. The Morgan fingerprint density at radius 1 is 1.29 bits per heavy atom. The van der Waals surface area contributed by atoms with Gasteiger partial charge in [-0.15, -0.1) is 4.40 Å². The predicted octanol–water partition coefficient (Wildman–Crippen LogP) is 3.01. The Bertz CT molecular complexity index is 709. The molecule has 0 saturated heterocycles. The third-order valence-electron chi connectivity index (χ3n) is 4.28. The van der Waals surface area contributed by atoms with E-state index in [1.807, 2.05) is 0 Å². The molecule has 5 nitrogen and oxygen atoms in total. The van der Waals surface area contributed by atoms with Crippen LogP contribution in [0.2, 0.25) is 5.02 Å². The monoisotopic (exact) mass is 327 g/mol. The number of hydrogen-bond donors (Lipinski definition) is 1. The van der Waals surface area contributed by atoms with Gasteiger partial charge in [-0.05, 0) is 37.5 Å². The zero-order valence-corrected chi connectivity index (χ0v) is 13.4. The molecule has 2 aliphatic rings. The molecule has 1 aliphatic heterocycles. The average Bonchev–Trinajstić information content (AvgIpc) is 2.46. The molecular weight excluding hydrogens is 310 g/mol. The Morgan fingerprint density at radius 2 is 1.95 bits per heavy atom. The maximum absolute atomic E-state index is 12.4. The Balaban J connectivity index is 2.14. The first kappa shape index (κ1) is 14.8. The molecule has 1 fully saturated rings. The van der Waals surface area contributed by atoms with Crippen molar-refractivity contribution in [2.24, 2.45) is 16.2 Å². The number of hydrogen-bond acceptors (Lipinski definition) is 4. The van der Waals surface area contributed by atoms with Crippen LogP contribution in [0.4, 0.5) is 5.69 Å². The molecule has 1 aromatic carbocycles. The topological polar surface area (TPSA) is 75.8 Å². The van der Waals surface area contributed by atoms with E-state index in [2.05, 4.69) is 4.40 Å². The molecule has 0 amide bonds. The maximum Gasteiger partial charge on any atom is 0.286 e. The lowest BCUT2D eigenvalue weighted by molar-refractivity contribution is 0.435. The quantitative estimate of drug-likeness (QED) is 0.804. The van der Waals surface area contributed by atoms with Crippen molar-refractivity contribution in [2.75, 3.05) is 5.01 Å². The minimum Gasteiger partial charge on any atom is -0.263 e. The van der Waals surface area contributed by atoms with Gasteiger partial charge in [0.15, 0.2) is 0 Å². The zero-order valence-electron chi connectivity index (χ0n) is 11.8. The van der Waals surface area contributed by atoms with Crippen LogP contribution in [0.25, 0.3) is 0 Å². The molecule has 1 saturated carbocycles. The van der Waals surface area contributed by atoms with Crippen LogP contribution in [0.3, 0.4) is 0 Å². The highest BCUT2D eigenvalue weighted by Crippen LogP contribution is 2.39. The van der Waals surface area contributed by atoms with Crippen LogP contribution < -0.4 is 10.9 Å². The molecule has 0 unspecified atom stereocenters. The van der Waals surface area contributed by atoms with E-state index in [0.29, 0.717) is 22.1 Å². The normalized spacial score (nSPS) is 21.9. The number of benzene rings is 1. The molecule has 1 aromatic rings. The standard InChI is InChI=1S/C14H18ClN3O2S/c1-9-11(15)7-8-12-13(9)18(16)14(17-21(12,19)20)10-5-3-2-4-6-10/h7-8,10H,2-6,16H2,1H3. The molecule has 114 valence electrons. The van der Waals surface area contributed by atoms with E-state index in [-0.39, 0.29) is 10.8 Å². The Labute approximate surface area is 129 Å². The summed E-state index contributed by atoms with van der Waals surface area (Å²) in [6.07, 6.45) is 5.20. The minimum atomic E-state index is -3.71. The van der Waals surface area contributed by atoms with Gasteiger partial charge in [0.2, 0.25) is 0 Å². The molecule has 1 heterocycles. The first-order valence-electron chi connectivity index (χ1n) is 7.10. The van der Waals surface area contributed by atoms with Crippen LogP contribution in [-0.2, 0) is 10.0 Å². The number of amidine groups is 1. The molecular formula is C14H18ClN3O2S. The van der Waals surface area contributed by atoms with Crippen molar-refractivity contribution in [3.63, 3.8) is 0 Å². The van der Waals surface area contributed by atoms with Crippen molar-refractivity contribution >= 4 is 33.1 Å². The van der Waals surface area contributed by atoms with Crippen LogP contribution >= 0.6 is 11.6 Å². The van der Waals surface area contributed by atoms with Crippen LogP contribution in [0.5, 0.6) is 0 Å². The summed E-state index contributed by atoms with van der Waals surface area (Å²) >= 11 is 6.12. The van der Waals surface area contributed by atoms with Gasteiger partial charge in [-0.3, -0.25) is 5.01 Å². The molecule has 21 heavy (non-hydrogen) atoms. The lowest BCUT2D eigenvalue weighted by atomic mass is 9.88. The van der Waals surface area contributed by atoms with E-state index >= 15 is 0 Å². The molecule has 0 bridgehead atoms. The number of sulfonamides is 1. The molecule has 1 aliphatic carbocycles. The summed E-state index contributed by atoms with van der Waals surface area (Å²) in [4.78, 5) is 0.131. The minimum absolute atomic E-state index is 0.102. The van der Waals surface area contributed by atoms with Crippen molar-refractivity contribution in [3.8, 4) is 0 Å².